The van der Waals surface area contributed by atoms with Gasteiger partial charge in [-0.15, -0.1) is 0 Å². The van der Waals surface area contributed by atoms with Crippen LogP contribution in [-0.2, 0) is 14.8 Å². The lowest BCUT2D eigenvalue weighted by Crippen LogP contribution is -2.26. The fourth-order valence-corrected chi connectivity index (χ4v) is 3.65. The highest BCUT2D eigenvalue weighted by Gasteiger charge is 2.18. The summed E-state index contributed by atoms with van der Waals surface area (Å²) in [4.78, 5) is 12.4. The highest BCUT2D eigenvalue weighted by molar-refractivity contribution is 7.92. The van der Waals surface area contributed by atoms with Crippen LogP contribution in [0.5, 0.6) is 0 Å². The minimum atomic E-state index is -3.91. The molecule has 6 nitrogen and oxygen atoms in total. The molecule has 2 aromatic rings. The Hall–Kier alpha value is -2.45. The Morgan fingerprint density at radius 3 is 2.45 bits per heavy atom. The highest BCUT2D eigenvalue weighted by Crippen LogP contribution is 2.19. The first-order chi connectivity index (χ1) is 13.8. The van der Waals surface area contributed by atoms with E-state index in [1.165, 1.54) is 24.3 Å². The van der Waals surface area contributed by atoms with Gasteiger partial charge in [-0.2, -0.15) is 0 Å². The van der Waals surface area contributed by atoms with Crippen molar-refractivity contribution in [3.63, 3.8) is 0 Å². The highest BCUT2D eigenvalue weighted by atomic mass is 32.2. The molecule has 0 saturated heterocycles. The molecule has 0 aliphatic heterocycles. The molecule has 0 aromatic heterocycles. The lowest BCUT2D eigenvalue weighted by molar-refractivity contribution is 0.0939. The number of anilines is 1. The number of carbonyl (C=O) groups excluding carboxylic acids is 1. The normalized spacial score (nSPS) is 11.3. The second-order valence-corrected chi connectivity index (χ2v) is 8.35. The van der Waals surface area contributed by atoms with E-state index in [1.807, 2.05) is 0 Å². The van der Waals surface area contributed by atoms with Gasteiger partial charge in [-0.25, -0.2) is 12.8 Å². The first-order valence-corrected chi connectivity index (χ1v) is 11.1. The van der Waals surface area contributed by atoms with Crippen molar-refractivity contribution in [1.29, 1.82) is 0 Å². The summed E-state index contributed by atoms with van der Waals surface area (Å²) < 4.78 is 46.0. The van der Waals surface area contributed by atoms with E-state index < -0.39 is 15.8 Å². The lowest BCUT2D eigenvalue weighted by Gasteiger charge is -2.12. The van der Waals surface area contributed by atoms with Crippen LogP contribution in [0.1, 0.15) is 42.1 Å². The number of hydrogen-bond acceptors (Lipinski definition) is 4. The molecule has 0 heterocycles. The van der Waals surface area contributed by atoms with Gasteiger partial charge in [0.05, 0.1) is 4.90 Å². The Kier molecular flexibility index (Phi) is 8.60. The van der Waals surface area contributed by atoms with Gasteiger partial charge in [-0.05, 0) is 61.7 Å². The third-order valence-corrected chi connectivity index (χ3v) is 5.63. The second kappa shape index (κ2) is 10.9. The molecule has 1 amide bonds. The zero-order valence-electron chi connectivity index (χ0n) is 16.7. The summed E-state index contributed by atoms with van der Waals surface area (Å²) in [7, 11) is -3.91. The molecule has 0 radical (unpaired) electrons. The average molecular weight is 423 g/mol. The Morgan fingerprint density at radius 1 is 1.07 bits per heavy atom. The molecule has 0 aliphatic carbocycles. The van der Waals surface area contributed by atoms with Crippen LogP contribution in [-0.4, -0.2) is 34.1 Å². The van der Waals surface area contributed by atoms with E-state index in [4.69, 9.17) is 4.74 Å². The van der Waals surface area contributed by atoms with Gasteiger partial charge in [0.25, 0.3) is 15.9 Å². The quantitative estimate of drug-likeness (QED) is 0.539. The molecule has 8 heteroatoms. The molecule has 2 aromatic carbocycles. The number of benzene rings is 2. The fourth-order valence-electron chi connectivity index (χ4n) is 2.56. The predicted octanol–water partition coefficient (Wildman–Crippen LogP) is 3.87. The summed E-state index contributed by atoms with van der Waals surface area (Å²) in [5.74, 6) is -0.798. The third-order valence-electron chi connectivity index (χ3n) is 4.25. The summed E-state index contributed by atoms with van der Waals surface area (Å²) in [5, 5.41) is 2.79. The second-order valence-electron chi connectivity index (χ2n) is 6.66. The van der Waals surface area contributed by atoms with Crippen molar-refractivity contribution in [3.8, 4) is 0 Å². The molecule has 158 valence electrons. The van der Waals surface area contributed by atoms with E-state index in [1.54, 1.807) is 13.0 Å². The third kappa shape index (κ3) is 7.14. The number of halogens is 1. The number of nitrogens with one attached hydrogen (secondary N) is 2. The number of sulfonamides is 1. The van der Waals surface area contributed by atoms with Crippen molar-refractivity contribution < 1.29 is 22.3 Å². The maximum atomic E-state index is 13.0. The van der Waals surface area contributed by atoms with Crippen molar-refractivity contribution in [1.82, 2.24) is 5.32 Å². The van der Waals surface area contributed by atoms with E-state index in [0.29, 0.717) is 37.3 Å². The maximum absolute atomic E-state index is 13.0. The van der Waals surface area contributed by atoms with Gasteiger partial charge in [0.2, 0.25) is 0 Å². The first kappa shape index (κ1) is 22.8. The van der Waals surface area contributed by atoms with Crippen molar-refractivity contribution in [3.05, 3.63) is 59.4 Å². The summed E-state index contributed by atoms with van der Waals surface area (Å²) in [6, 6.07) is 9.35. The van der Waals surface area contributed by atoms with E-state index in [-0.39, 0.29) is 16.5 Å². The monoisotopic (exact) mass is 422 g/mol. The number of unbranched alkanes of at least 4 members (excludes halogenated alkanes) is 1. The van der Waals surface area contributed by atoms with Crippen LogP contribution in [0.3, 0.4) is 0 Å². The van der Waals surface area contributed by atoms with E-state index in [9.17, 15) is 17.6 Å². The van der Waals surface area contributed by atoms with Crippen molar-refractivity contribution in [2.24, 2.45) is 0 Å². The van der Waals surface area contributed by atoms with Gasteiger partial charge in [0.1, 0.15) is 5.82 Å². The van der Waals surface area contributed by atoms with Crippen LogP contribution in [0.4, 0.5) is 10.1 Å². The molecule has 0 saturated carbocycles. The lowest BCUT2D eigenvalue weighted by atomic mass is 10.1. The van der Waals surface area contributed by atoms with Crippen LogP contribution in [0, 0.1) is 12.7 Å². The zero-order valence-corrected chi connectivity index (χ0v) is 17.5. The molecule has 0 aliphatic rings. The average Bonchev–Trinajstić information content (AvgIpc) is 2.69. The van der Waals surface area contributed by atoms with Crippen LogP contribution in [0.15, 0.2) is 47.4 Å². The number of ether oxygens (including phenoxy) is 1. The van der Waals surface area contributed by atoms with Crippen LogP contribution in [0.25, 0.3) is 0 Å². The molecule has 29 heavy (non-hydrogen) atoms. The molecule has 0 unspecified atom stereocenters. The van der Waals surface area contributed by atoms with Gasteiger partial charge >= 0.3 is 0 Å². The number of carbonyl (C=O) groups is 1. The predicted molar refractivity (Wildman–Crippen MR) is 111 cm³/mol. The number of rotatable bonds is 11. The Morgan fingerprint density at radius 2 is 1.76 bits per heavy atom. The van der Waals surface area contributed by atoms with Gasteiger partial charge in [0, 0.05) is 31.0 Å². The van der Waals surface area contributed by atoms with E-state index >= 15 is 0 Å². The minimum absolute atomic E-state index is 0.0412. The van der Waals surface area contributed by atoms with Crippen molar-refractivity contribution >= 4 is 21.6 Å². The van der Waals surface area contributed by atoms with Crippen LogP contribution >= 0.6 is 0 Å². The van der Waals surface area contributed by atoms with Crippen LogP contribution < -0.4 is 10.0 Å². The minimum Gasteiger partial charge on any atom is -0.381 e. The standard InChI is InChI=1S/C21H27FN2O4S/c1-3-4-13-28-14-5-12-23-21(25)20-15-19(11-6-16(20)2)29(26,27)24-18-9-7-17(22)8-10-18/h6-11,15,24H,3-5,12-14H2,1-2H3,(H,23,25). The maximum Gasteiger partial charge on any atom is 0.261 e. The molecule has 0 fully saturated rings. The molecular weight excluding hydrogens is 395 g/mol. The topological polar surface area (TPSA) is 84.5 Å². The van der Waals surface area contributed by atoms with Gasteiger partial charge < -0.3 is 10.1 Å². The smallest absolute Gasteiger partial charge is 0.261 e. The number of aryl methyl sites for hydroxylation is 1. The molecule has 0 bridgehead atoms. The van der Waals surface area contributed by atoms with Gasteiger partial charge in [-0.1, -0.05) is 19.4 Å². The summed E-state index contributed by atoms with van der Waals surface area (Å²) in [6.07, 6.45) is 2.77. The molecule has 0 spiro atoms. The fraction of sp³-hybridized carbons (Fsp3) is 0.381. The van der Waals surface area contributed by atoms with E-state index in [2.05, 4.69) is 17.0 Å². The van der Waals surface area contributed by atoms with Gasteiger partial charge in [0.15, 0.2) is 0 Å². The number of hydrogen-bond donors (Lipinski definition) is 2. The zero-order chi connectivity index (χ0) is 21.3. The molecular formula is C21H27FN2O4S. The number of amides is 1. The molecule has 0 atom stereocenters. The summed E-state index contributed by atoms with van der Waals surface area (Å²) in [5.41, 5.74) is 1.20. The Balaban J connectivity index is 2.00. The Bertz CT molecular complexity index is 915. The van der Waals surface area contributed by atoms with Gasteiger partial charge in [-0.3, -0.25) is 9.52 Å². The molecule has 2 rings (SSSR count). The molecule has 2 N–H and O–H groups in total. The first-order valence-electron chi connectivity index (χ1n) is 9.58. The van der Waals surface area contributed by atoms with E-state index in [0.717, 1.165) is 25.0 Å². The summed E-state index contributed by atoms with van der Waals surface area (Å²) >= 11 is 0. The van der Waals surface area contributed by atoms with Crippen molar-refractivity contribution in [2.45, 2.75) is 38.0 Å². The SMILES string of the molecule is CCCCOCCCNC(=O)c1cc(S(=O)(=O)Nc2ccc(F)cc2)ccc1C. The van der Waals surface area contributed by atoms with Crippen molar-refractivity contribution in [2.75, 3.05) is 24.5 Å². The Labute approximate surface area is 171 Å². The summed E-state index contributed by atoms with van der Waals surface area (Å²) in [6.45, 7) is 5.55. The van der Waals surface area contributed by atoms with Crippen LogP contribution in [0.2, 0.25) is 0 Å². The largest absolute Gasteiger partial charge is 0.381 e.